The number of hydrogen-bond acceptors (Lipinski definition) is 7. The molecule has 1 atom stereocenters. The van der Waals surface area contributed by atoms with E-state index in [0.717, 1.165) is 49.2 Å². The van der Waals surface area contributed by atoms with Crippen molar-refractivity contribution in [2.75, 3.05) is 10.6 Å². The number of nitrogens with two attached hydrogens (primary N) is 1. The molecule has 0 radical (unpaired) electrons. The van der Waals surface area contributed by atoms with Crippen LogP contribution in [0.2, 0.25) is 0 Å². The molecule has 3 aromatic rings. The van der Waals surface area contributed by atoms with Crippen molar-refractivity contribution in [1.29, 1.82) is 0 Å². The van der Waals surface area contributed by atoms with Gasteiger partial charge < -0.3 is 20.8 Å². The fourth-order valence-corrected chi connectivity index (χ4v) is 5.62. The summed E-state index contributed by atoms with van der Waals surface area (Å²) in [5.41, 5.74) is 7.44. The molecule has 3 amide bonds. The molecule has 1 aromatic carbocycles. The topological polar surface area (TPSA) is 131 Å². The smallest absolute Gasteiger partial charge is 0.273 e. The number of nitrogen functional groups attached to an aromatic ring is 1. The molecule has 4 rings (SSSR count). The van der Waals surface area contributed by atoms with E-state index in [1.807, 2.05) is 45.0 Å². The standard InChI is InChI=1S/C30H39N5O4S/c1-18(2)19-13-15-21(16-14-19)35(25(22-12-9-17-39-22)28(37)33-30(3,4)5)29(38)26-23(31)24(34-40-26)27(36)32-20-10-7-6-8-11-20/h9,12-18,20,25H,6-8,10-11,31H2,1-5H3,(H,32,36)(H,33,37)/t25-/m0/s1. The molecular weight excluding hydrogens is 526 g/mol. The van der Waals surface area contributed by atoms with Gasteiger partial charge in [0.2, 0.25) is 0 Å². The van der Waals surface area contributed by atoms with Crippen LogP contribution in [-0.4, -0.2) is 33.7 Å². The van der Waals surface area contributed by atoms with Crippen molar-refractivity contribution < 1.29 is 18.8 Å². The van der Waals surface area contributed by atoms with Crippen molar-refractivity contribution in [3.8, 4) is 0 Å². The van der Waals surface area contributed by atoms with Crippen LogP contribution < -0.4 is 21.3 Å². The number of amides is 3. The number of nitrogens with zero attached hydrogens (tertiary/aromatic N) is 2. The molecular formula is C30H39N5O4S. The number of aromatic nitrogens is 1. The van der Waals surface area contributed by atoms with E-state index in [0.29, 0.717) is 11.4 Å². The van der Waals surface area contributed by atoms with Gasteiger partial charge in [-0.1, -0.05) is 45.2 Å². The molecule has 40 heavy (non-hydrogen) atoms. The van der Waals surface area contributed by atoms with Crippen LogP contribution in [0.3, 0.4) is 0 Å². The van der Waals surface area contributed by atoms with E-state index >= 15 is 0 Å². The first-order valence-electron chi connectivity index (χ1n) is 13.8. The van der Waals surface area contributed by atoms with Gasteiger partial charge in [0, 0.05) is 17.3 Å². The Morgan fingerprint density at radius 1 is 1.07 bits per heavy atom. The minimum atomic E-state index is -1.13. The molecule has 10 heteroatoms. The van der Waals surface area contributed by atoms with Crippen LogP contribution in [0.1, 0.15) is 110 Å². The van der Waals surface area contributed by atoms with E-state index < -0.39 is 23.4 Å². The average molecular weight is 566 g/mol. The van der Waals surface area contributed by atoms with Crippen molar-refractivity contribution in [3.63, 3.8) is 0 Å². The first-order valence-corrected chi connectivity index (χ1v) is 14.6. The number of nitrogens with one attached hydrogen (secondary N) is 2. The Balaban J connectivity index is 1.75. The molecule has 2 heterocycles. The normalized spacial score (nSPS) is 15.1. The van der Waals surface area contributed by atoms with Crippen LogP contribution in [-0.2, 0) is 4.79 Å². The van der Waals surface area contributed by atoms with Crippen LogP contribution in [0, 0.1) is 0 Å². The summed E-state index contributed by atoms with van der Waals surface area (Å²) in [5, 5.41) is 5.99. The molecule has 0 saturated heterocycles. The van der Waals surface area contributed by atoms with Gasteiger partial charge in [0.25, 0.3) is 17.7 Å². The zero-order valence-corrected chi connectivity index (χ0v) is 24.6. The van der Waals surface area contributed by atoms with Gasteiger partial charge in [0.05, 0.1) is 12.0 Å². The lowest BCUT2D eigenvalue weighted by Gasteiger charge is -2.32. The molecule has 0 bridgehead atoms. The highest BCUT2D eigenvalue weighted by Gasteiger charge is 2.39. The summed E-state index contributed by atoms with van der Waals surface area (Å²) in [7, 11) is 0. The van der Waals surface area contributed by atoms with Gasteiger partial charge in [-0.25, -0.2) is 0 Å². The number of furan rings is 1. The molecule has 0 spiro atoms. The molecule has 0 aliphatic heterocycles. The van der Waals surface area contributed by atoms with E-state index in [1.165, 1.54) is 11.2 Å². The largest absolute Gasteiger partial charge is 0.467 e. The second kappa shape index (κ2) is 12.2. The molecule has 1 aliphatic carbocycles. The van der Waals surface area contributed by atoms with Crippen LogP contribution in [0.5, 0.6) is 0 Å². The van der Waals surface area contributed by atoms with Gasteiger partial charge in [0.15, 0.2) is 11.7 Å². The van der Waals surface area contributed by atoms with Crippen molar-refractivity contribution in [3.05, 3.63) is 64.6 Å². The minimum absolute atomic E-state index is 0.00142. The van der Waals surface area contributed by atoms with Gasteiger partial charge in [-0.2, -0.15) is 4.37 Å². The maximum absolute atomic E-state index is 14.3. The second-order valence-corrected chi connectivity index (χ2v) is 12.4. The van der Waals surface area contributed by atoms with Crippen molar-refractivity contribution in [2.24, 2.45) is 0 Å². The summed E-state index contributed by atoms with van der Waals surface area (Å²) in [6, 6.07) is 9.75. The molecule has 0 unspecified atom stereocenters. The SMILES string of the molecule is CC(C)c1ccc(N(C(=O)c2snc(C(=O)NC3CCCCC3)c2N)[C@H](C(=O)NC(C)(C)C)c2ccco2)cc1. The van der Waals surface area contributed by atoms with Gasteiger partial charge in [0.1, 0.15) is 10.6 Å². The Morgan fingerprint density at radius 2 is 1.75 bits per heavy atom. The number of carbonyl (C=O) groups is 3. The maximum Gasteiger partial charge on any atom is 0.273 e. The zero-order chi connectivity index (χ0) is 29.0. The van der Waals surface area contributed by atoms with Crippen molar-refractivity contribution in [1.82, 2.24) is 15.0 Å². The monoisotopic (exact) mass is 565 g/mol. The summed E-state index contributed by atoms with van der Waals surface area (Å²) in [4.78, 5) is 42.5. The molecule has 1 aliphatic rings. The van der Waals surface area contributed by atoms with Gasteiger partial charge >= 0.3 is 0 Å². The quantitative estimate of drug-likeness (QED) is 0.316. The Labute approximate surface area is 239 Å². The van der Waals surface area contributed by atoms with Gasteiger partial charge in [-0.15, -0.1) is 0 Å². The maximum atomic E-state index is 14.3. The minimum Gasteiger partial charge on any atom is -0.467 e. The molecule has 9 nitrogen and oxygen atoms in total. The van der Waals surface area contributed by atoms with Gasteiger partial charge in [-0.3, -0.25) is 19.3 Å². The summed E-state index contributed by atoms with van der Waals surface area (Å²) in [5.74, 6) is -0.774. The average Bonchev–Trinajstić information content (AvgIpc) is 3.56. The second-order valence-electron chi connectivity index (χ2n) is 11.7. The van der Waals surface area contributed by atoms with Crippen molar-refractivity contribution >= 4 is 40.6 Å². The van der Waals surface area contributed by atoms with E-state index in [2.05, 4.69) is 28.9 Å². The Bertz CT molecular complexity index is 1320. The van der Waals surface area contributed by atoms with Crippen LogP contribution in [0.4, 0.5) is 11.4 Å². The molecule has 214 valence electrons. The molecule has 1 saturated carbocycles. The van der Waals surface area contributed by atoms with E-state index in [9.17, 15) is 14.4 Å². The Hall–Kier alpha value is -3.66. The summed E-state index contributed by atoms with van der Waals surface area (Å²) < 4.78 is 9.95. The van der Waals surface area contributed by atoms with E-state index in [4.69, 9.17) is 10.2 Å². The fourth-order valence-electron chi connectivity index (χ4n) is 4.89. The number of rotatable bonds is 8. The van der Waals surface area contributed by atoms with Crippen LogP contribution in [0.15, 0.2) is 47.1 Å². The van der Waals surface area contributed by atoms with Crippen LogP contribution >= 0.6 is 11.5 Å². The number of anilines is 2. The zero-order valence-electron chi connectivity index (χ0n) is 23.8. The molecule has 4 N–H and O–H groups in total. The highest BCUT2D eigenvalue weighted by molar-refractivity contribution is 7.09. The fraction of sp³-hybridized carbons (Fsp3) is 0.467. The third-order valence-electron chi connectivity index (χ3n) is 6.95. The van der Waals surface area contributed by atoms with Crippen LogP contribution in [0.25, 0.3) is 0 Å². The lowest BCUT2D eigenvalue weighted by atomic mass is 9.95. The Morgan fingerprint density at radius 3 is 2.33 bits per heavy atom. The number of carbonyl (C=O) groups excluding carboxylic acids is 3. The summed E-state index contributed by atoms with van der Waals surface area (Å²) >= 11 is 0.856. The highest BCUT2D eigenvalue weighted by Crippen LogP contribution is 2.34. The Kier molecular flexibility index (Phi) is 8.98. The third-order valence-corrected chi connectivity index (χ3v) is 7.80. The lowest BCUT2D eigenvalue weighted by molar-refractivity contribution is -0.124. The first kappa shape index (κ1) is 29.3. The molecule has 2 aromatic heterocycles. The predicted molar refractivity (Wildman–Crippen MR) is 158 cm³/mol. The summed E-state index contributed by atoms with van der Waals surface area (Å²) in [6.45, 7) is 9.76. The van der Waals surface area contributed by atoms with Gasteiger partial charge in [-0.05, 0) is 80.9 Å². The van der Waals surface area contributed by atoms with Crippen molar-refractivity contribution in [2.45, 2.75) is 90.3 Å². The predicted octanol–water partition coefficient (Wildman–Crippen LogP) is 5.81. The van der Waals surface area contributed by atoms with E-state index in [-0.39, 0.29) is 34.1 Å². The first-order chi connectivity index (χ1) is 19.0. The molecule has 1 fully saturated rings. The summed E-state index contributed by atoms with van der Waals surface area (Å²) in [6.07, 6.45) is 6.58. The highest BCUT2D eigenvalue weighted by atomic mass is 32.1. The lowest BCUT2D eigenvalue weighted by Crippen LogP contribution is -2.49. The number of benzene rings is 1. The number of hydrogen-bond donors (Lipinski definition) is 3. The van der Waals surface area contributed by atoms with E-state index in [1.54, 1.807) is 12.1 Å². The third kappa shape index (κ3) is 6.72.